The molecule has 8 aromatic rings. The summed E-state index contributed by atoms with van der Waals surface area (Å²) in [4.78, 5) is 3.83. The zero-order valence-electron chi connectivity index (χ0n) is 18.3. The average molecular weight is 450 g/mol. The molecule has 0 radical (unpaired) electrons. The first kappa shape index (κ1) is 18.3. The molecule has 0 amide bonds. The molecule has 0 aliphatic heterocycles. The summed E-state index contributed by atoms with van der Waals surface area (Å²) in [7, 11) is 0. The Morgan fingerprint density at radius 1 is 0.529 bits per heavy atom. The van der Waals surface area contributed by atoms with Gasteiger partial charge in [0, 0.05) is 47.2 Å². The number of thiophene rings is 1. The molecule has 6 aromatic carbocycles. The van der Waals surface area contributed by atoms with Gasteiger partial charge in [-0.1, -0.05) is 97.1 Å². The maximum absolute atomic E-state index is 3.83. The number of aromatic nitrogens is 1. The number of fused-ring (bicyclic) bond motifs is 11. The van der Waals surface area contributed by atoms with Crippen LogP contribution < -0.4 is 0 Å². The van der Waals surface area contributed by atoms with E-state index < -0.39 is 0 Å². The number of H-pyrrole nitrogens is 1. The van der Waals surface area contributed by atoms with Crippen LogP contribution in [0, 0.1) is 0 Å². The van der Waals surface area contributed by atoms with Gasteiger partial charge in [0.05, 0.1) is 5.52 Å². The monoisotopic (exact) mass is 449 g/mol. The zero-order valence-corrected chi connectivity index (χ0v) is 19.1. The minimum Gasteiger partial charge on any atom is -0.354 e. The van der Waals surface area contributed by atoms with Crippen molar-refractivity contribution < 1.29 is 0 Å². The van der Waals surface area contributed by atoms with Crippen molar-refractivity contribution >= 4 is 74.9 Å². The summed E-state index contributed by atoms with van der Waals surface area (Å²) in [6, 6.07) is 39.7. The highest BCUT2D eigenvalue weighted by Crippen LogP contribution is 2.46. The first-order valence-corrected chi connectivity index (χ1v) is 12.4. The molecule has 1 nitrogen and oxygen atoms in total. The van der Waals surface area contributed by atoms with E-state index in [1.807, 2.05) is 11.3 Å². The largest absolute Gasteiger partial charge is 0.354 e. The molecule has 0 unspecified atom stereocenters. The number of benzene rings is 6. The summed E-state index contributed by atoms with van der Waals surface area (Å²) in [5.41, 5.74) is 4.94. The van der Waals surface area contributed by atoms with E-state index in [1.165, 1.54) is 74.6 Å². The van der Waals surface area contributed by atoms with Crippen molar-refractivity contribution in [2.75, 3.05) is 0 Å². The standard InChI is InChI=1S/C32H19NS/c1-2-10-21-19(8-1)9-7-14-22(21)20-16-17-25-27(18-20)33-31-23-11-3-4-12-24(23)32-30(29(25)31)26-13-5-6-15-28(26)34-32/h1-18,33H. The predicted molar refractivity (Wildman–Crippen MR) is 149 cm³/mol. The lowest BCUT2D eigenvalue weighted by atomic mass is 9.96. The molecule has 2 aromatic heterocycles. The third-order valence-corrected chi connectivity index (χ3v) is 8.39. The molecule has 0 fully saturated rings. The minimum absolute atomic E-state index is 1.19. The van der Waals surface area contributed by atoms with Crippen LogP contribution in [-0.2, 0) is 0 Å². The Kier molecular flexibility index (Phi) is 3.60. The Morgan fingerprint density at radius 2 is 1.26 bits per heavy atom. The highest BCUT2D eigenvalue weighted by molar-refractivity contribution is 7.27. The molecule has 2 heterocycles. The molecule has 0 spiro atoms. The van der Waals surface area contributed by atoms with Crippen LogP contribution in [0.4, 0.5) is 0 Å². The fraction of sp³-hybridized carbons (Fsp3) is 0. The van der Waals surface area contributed by atoms with Crippen LogP contribution >= 0.6 is 11.3 Å². The summed E-state index contributed by atoms with van der Waals surface area (Å²) in [6.07, 6.45) is 0. The molecule has 1 N–H and O–H groups in total. The lowest BCUT2D eigenvalue weighted by molar-refractivity contribution is 1.56. The third-order valence-electron chi connectivity index (χ3n) is 7.19. The molecule has 2 heteroatoms. The number of nitrogens with one attached hydrogen (secondary N) is 1. The second-order valence-corrected chi connectivity index (χ2v) is 10.1. The fourth-order valence-corrected chi connectivity index (χ4v) is 6.93. The van der Waals surface area contributed by atoms with Crippen LogP contribution in [0.3, 0.4) is 0 Å². The molecule has 0 saturated carbocycles. The Labute approximate surface area is 199 Å². The van der Waals surface area contributed by atoms with Gasteiger partial charge in [-0.15, -0.1) is 11.3 Å². The lowest BCUT2D eigenvalue weighted by Gasteiger charge is -2.07. The van der Waals surface area contributed by atoms with Gasteiger partial charge in [-0.25, -0.2) is 0 Å². The van der Waals surface area contributed by atoms with E-state index >= 15 is 0 Å². The summed E-state index contributed by atoms with van der Waals surface area (Å²) in [6.45, 7) is 0. The zero-order chi connectivity index (χ0) is 22.2. The van der Waals surface area contributed by atoms with Crippen molar-refractivity contribution in [1.29, 1.82) is 0 Å². The second-order valence-electron chi connectivity index (χ2n) is 9.01. The summed E-state index contributed by atoms with van der Waals surface area (Å²) < 4.78 is 2.72. The Bertz CT molecular complexity index is 2070. The van der Waals surface area contributed by atoms with Crippen molar-refractivity contribution in [3.8, 4) is 11.1 Å². The topological polar surface area (TPSA) is 15.8 Å². The number of rotatable bonds is 1. The summed E-state index contributed by atoms with van der Waals surface area (Å²) in [5.74, 6) is 0. The van der Waals surface area contributed by atoms with E-state index in [-0.39, 0.29) is 0 Å². The van der Waals surface area contributed by atoms with Crippen molar-refractivity contribution in [2.24, 2.45) is 0 Å². The smallest absolute Gasteiger partial charge is 0.0551 e. The maximum atomic E-state index is 3.83. The third kappa shape index (κ3) is 2.38. The van der Waals surface area contributed by atoms with Gasteiger partial charge < -0.3 is 4.98 Å². The van der Waals surface area contributed by atoms with E-state index in [2.05, 4.69) is 114 Å². The van der Waals surface area contributed by atoms with Gasteiger partial charge in [-0.3, -0.25) is 0 Å². The van der Waals surface area contributed by atoms with E-state index in [0.717, 1.165) is 0 Å². The molecular formula is C32H19NS. The van der Waals surface area contributed by atoms with Crippen LogP contribution in [0.2, 0.25) is 0 Å². The molecule has 0 aliphatic carbocycles. The van der Waals surface area contributed by atoms with Crippen LogP contribution in [-0.4, -0.2) is 4.98 Å². The minimum atomic E-state index is 1.19. The number of aromatic amines is 1. The van der Waals surface area contributed by atoms with Crippen molar-refractivity contribution in [1.82, 2.24) is 4.98 Å². The van der Waals surface area contributed by atoms with Crippen molar-refractivity contribution in [3.05, 3.63) is 109 Å². The molecule has 0 aliphatic rings. The first-order chi connectivity index (χ1) is 16.9. The highest BCUT2D eigenvalue weighted by Gasteiger charge is 2.18. The molecule has 158 valence electrons. The van der Waals surface area contributed by atoms with Crippen LogP contribution in [0.5, 0.6) is 0 Å². The van der Waals surface area contributed by atoms with E-state index in [4.69, 9.17) is 0 Å². The fourth-order valence-electron chi connectivity index (χ4n) is 5.69. The number of hydrogen-bond donors (Lipinski definition) is 1. The van der Waals surface area contributed by atoms with Gasteiger partial charge in [0.25, 0.3) is 0 Å². The van der Waals surface area contributed by atoms with Gasteiger partial charge in [0.15, 0.2) is 0 Å². The molecule has 34 heavy (non-hydrogen) atoms. The highest BCUT2D eigenvalue weighted by atomic mass is 32.1. The van der Waals surface area contributed by atoms with Gasteiger partial charge in [0.1, 0.15) is 0 Å². The molecule has 0 saturated heterocycles. The van der Waals surface area contributed by atoms with Gasteiger partial charge in [-0.2, -0.15) is 0 Å². The quantitative estimate of drug-likeness (QED) is 0.257. The van der Waals surface area contributed by atoms with Gasteiger partial charge in [0.2, 0.25) is 0 Å². The van der Waals surface area contributed by atoms with Crippen molar-refractivity contribution in [3.63, 3.8) is 0 Å². The van der Waals surface area contributed by atoms with Crippen LogP contribution in [0.1, 0.15) is 0 Å². The van der Waals surface area contributed by atoms with E-state index in [1.54, 1.807) is 0 Å². The molecule has 8 rings (SSSR count). The first-order valence-electron chi connectivity index (χ1n) is 11.6. The van der Waals surface area contributed by atoms with Gasteiger partial charge in [-0.05, 0) is 34.0 Å². The Hall–Kier alpha value is -4.14. The van der Waals surface area contributed by atoms with Crippen LogP contribution in [0.25, 0.3) is 74.6 Å². The SMILES string of the molecule is c1ccc2c(-c3ccc4c(c3)[nH]c3c5ccccc5c5sc6ccccc6c5c43)cccc2c1. The van der Waals surface area contributed by atoms with E-state index in [9.17, 15) is 0 Å². The Balaban J connectivity index is 1.54. The van der Waals surface area contributed by atoms with Gasteiger partial charge >= 0.3 is 0 Å². The maximum Gasteiger partial charge on any atom is 0.0551 e. The second kappa shape index (κ2) is 6.69. The predicted octanol–water partition coefficient (Wildman–Crippen LogP) is 9.66. The summed E-state index contributed by atoms with van der Waals surface area (Å²) in [5, 5.41) is 10.5. The Morgan fingerprint density at radius 3 is 2.18 bits per heavy atom. The summed E-state index contributed by atoms with van der Waals surface area (Å²) >= 11 is 1.91. The van der Waals surface area contributed by atoms with Crippen molar-refractivity contribution in [2.45, 2.75) is 0 Å². The number of hydrogen-bond acceptors (Lipinski definition) is 1. The average Bonchev–Trinajstić information content (AvgIpc) is 3.47. The lowest BCUT2D eigenvalue weighted by Crippen LogP contribution is -1.81. The molecular weight excluding hydrogens is 430 g/mol. The normalized spacial score (nSPS) is 12.1. The molecule has 0 bridgehead atoms. The molecule has 0 atom stereocenters. The van der Waals surface area contributed by atoms with Crippen LogP contribution in [0.15, 0.2) is 109 Å². The van der Waals surface area contributed by atoms with E-state index in [0.29, 0.717) is 0 Å².